The van der Waals surface area contributed by atoms with Gasteiger partial charge in [0.15, 0.2) is 0 Å². The van der Waals surface area contributed by atoms with Gasteiger partial charge in [0.1, 0.15) is 6.61 Å². The molecule has 1 aliphatic carbocycles. The lowest BCUT2D eigenvalue weighted by molar-refractivity contribution is -0.117. The zero-order chi connectivity index (χ0) is 14.7. The molecular weight excluding hydrogens is 270 g/mol. The summed E-state index contributed by atoms with van der Waals surface area (Å²) in [4.78, 5) is 23.5. The van der Waals surface area contributed by atoms with Crippen molar-refractivity contribution in [3.63, 3.8) is 0 Å². The van der Waals surface area contributed by atoms with Crippen LogP contribution < -0.4 is 5.32 Å². The average molecular weight is 289 g/mol. The SMILES string of the molecule is O=C(OCC1CCCO1)c1ccc(NC(=O)C2CC2)cc1. The van der Waals surface area contributed by atoms with E-state index in [2.05, 4.69) is 5.32 Å². The molecule has 1 aromatic rings. The van der Waals surface area contributed by atoms with Crippen LogP contribution >= 0.6 is 0 Å². The van der Waals surface area contributed by atoms with Crippen LogP contribution in [0.4, 0.5) is 5.69 Å². The highest BCUT2D eigenvalue weighted by Crippen LogP contribution is 2.30. The Morgan fingerprint density at radius 2 is 1.95 bits per heavy atom. The van der Waals surface area contributed by atoms with Crippen molar-refractivity contribution in [1.29, 1.82) is 0 Å². The number of carbonyl (C=O) groups is 2. The van der Waals surface area contributed by atoms with Gasteiger partial charge < -0.3 is 14.8 Å². The van der Waals surface area contributed by atoms with Gasteiger partial charge in [-0.1, -0.05) is 0 Å². The van der Waals surface area contributed by atoms with Gasteiger partial charge in [0.05, 0.1) is 11.7 Å². The fourth-order valence-corrected chi connectivity index (χ4v) is 2.31. The monoisotopic (exact) mass is 289 g/mol. The molecule has 0 radical (unpaired) electrons. The maximum absolute atomic E-state index is 11.9. The number of amides is 1. The summed E-state index contributed by atoms with van der Waals surface area (Å²) in [7, 11) is 0. The fraction of sp³-hybridized carbons (Fsp3) is 0.500. The minimum Gasteiger partial charge on any atom is -0.459 e. The lowest BCUT2D eigenvalue weighted by Gasteiger charge is -2.10. The number of rotatable bonds is 5. The average Bonchev–Trinajstić information content (AvgIpc) is 3.23. The molecule has 1 unspecified atom stereocenters. The van der Waals surface area contributed by atoms with Crippen molar-refractivity contribution in [2.45, 2.75) is 31.8 Å². The Morgan fingerprint density at radius 3 is 2.57 bits per heavy atom. The van der Waals surface area contributed by atoms with E-state index in [4.69, 9.17) is 9.47 Å². The van der Waals surface area contributed by atoms with E-state index in [0.29, 0.717) is 17.9 Å². The van der Waals surface area contributed by atoms with Crippen LogP contribution in [0.5, 0.6) is 0 Å². The third-order valence-corrected chi connectivity index (χ3v) is 3.76. The molecular formula is C16H19NO4. The van der Waals surface area contributed by atoms with Crippen LogP contribution in [0.25, 0.3) is 0 Å². The van der Waals surface area contributed by atoms with Gasteiger partial charge in [0, 0.05) is 18.2 Å². The first-order chi connectivity index (χ1) is 10.2. The third-order valence-electron chi connectivity index (χ3n) is 3.76. The van der Waals surface area contributed by atoms with Crippen molar-refractivity contribution in [3.05, 3.63) is 29.8 Å². The quantitative estimate of drug-likeness (QED) is 0.845. The maximum atomic E-state index is 11.9. The Labute approximate surface area is 123 Å². The first-order valence-corrected chi connectivity index (χ1v) is 7.42. The van der Waals surface area contributed by atoms with E-state index in [9.17, 15) is 9.59 Å². The molecule has 1 aromatic carbocycles. The number of anilines is 1. The van der Waals surface area contributed by atoms with Crippen molar-refractivity contribution in [1.82, 2.24) is 0 Å². The number of ether oxygens (including phenoxy) is 2. The summed E-state index contributed by atoms with van der Waals surface area (Å²) in [5, 5.41) is 2.84. The second-order valence-electron chi connectivity index (χ2n) is 5.57. The van der Waals surface area contributed by atoms with Gasteiger partial charge in [0.25, 0.3) is 0 Å². The van der Waals surface area contributed by atoms with E-state index in [1.54, 1.807) is 24.3 Å². The number of esters is 1. The molecule has 2 fully saturated rings. The molecule has 0 spiro atoms. The summed E-state index contributed by atoms with van der Waals surface area (Å²) < 4.78 is 10.6. The number of nitrogens with one attached hydrogen (secondary N) is 1. The standard InChI is InChI=1S/C16H19NO4/c18-15(11-3-4-11)17-13-7-5-12(6-8-13)16(19)21-10-14-2-1-9-20-14/h5-8,11,14H,1-4,9-10H2,(H,17,18). The van der Waals surface area contributed by atoms with E-state index < -0.39 is 0 Å². The van der Waals surface area contributed by atoms with Gasteiger partial charge in [-0.05, 0) is 49.9 Å². The minimum absolute atomic E-state index is 0.0334. The molecule has 1 amide bonds. The smallest absolute Gasteiger partial charge is 0.338 e. The Balaban J connectivity index is 1.50. The highest BCUT2D eigenvalue weighted by Gasteiger charge is 2.29. The Morgan fingerprint density at radius 1 is 1.19 bits per heavy atom. The summed E-state index contributed by atoms with van der Waals surface area (Å²) in [5.41, 5.74) is 1.19. The molecule has 1 atom stereocenters. The van der Waals surface area contributed by atoms with E-state index in [1.165, 1.54) is 0 Å². The molecule has 5 nitrogen and oxygen atoms in total. The van der Waals surface area contributed by atoms with Crippen LogP contribution in [0.3, 0.4) is 0 Å². The van der Waals surface area contributed by atoms with Crippen LogP contribution in [0.1, 0.15) is 36.0 Å². The zero-order valence-electron chi connectivity index (χ0n) is 11.8. The van der Waals surface area contributed by atoms with Gasteiger partial charge >= 0.3 is 5.97 Å². The van der Waals surface area contributed by atoms with Gasteiger partial charge in [-0.2, -0.15) is 0 Å². The predicted molar refractivity (Wildman–Crippen MR) is 77.1 cm³/mol. The molecule has 2 aliphatic rings. The minimum atomic E-state index is -0.356. The van der Waals surface area contributed by atoms with Gasteiger partial charge in [0.2, 0.25) is 5.91 Å². The Kier molecular flexibility index (Phi) is 4.20. The van der Waals surface area contributed by atoms with Crippen LogP contribution in [-0.2, 0) is 14.3 Å². The first-order valence-electron chi connectivity index (χ1n) is 7.42. The largest absolute Gasteiger partial charge is 0.459 e. The number of benzene rings is 1. The molecule has 0 bridgehead atoms. The van der Waals surface area contributed by atoms with E-state index in [-0.39, 0.29) is 23.9 Å². The van der Waals surface area contributed by atoms with Crippen molar-refractivity contribution in [2.24, 2.45) is 5.92 Å². The molecule has 1 heterocycles. The van der Waals surface area contributed by atoms with Gasteiger partial charge in [-0.3, -0.25) is 4.79 Å². The van der Waals surface area contributed by atoms with Crippen LogP contribution in [0.2, 0.25) is 0 Å². The summed E-state index contributed by atoms with van der Waals surface area (Å²) in [6.45, 7) is 1.05. The molecule has 21 heavy (non-hydrogen) atoms. The highest BCUT2D eigenvalue weighted by atomic mass is 16.6. The maximum Gasteiger partial charge on any atom is 0.338 e. The normalized spacial score (nSPS) is 21.0. The molecule has 1 saturated carbocycles. The number of hydrogen-bond donors (Lipinski definition) is 1. The van der Waals surface area contributed by atoms with E-state index >= 15 is 0 Å². The third kappa shape index (κ3) is 3.82. The van der Waals surface area contributed by atoms with Crippen LogP contribution in [0.15, 0.2) is 24.3 Å². The van der Waals surface area contributed by atoms with Gasteiger partial charge in [-0.15, -0.1) is 0 Å². The molecule has 3 rings (SSSR count). The summed E-state index contributed by atoms with van der Waals surface area (Å²) in [6, 6.07) is 6.78. The van der Waals surface area contributed by atoms with Crippen molar-refractivity contribution in [2.75, 3.05) is 18.5 Å². The van der Waals surface area contributed by atoms with E-state index in [0.717, 1.165) is 32.3 Å². The Bertz CT molecular complexity index is 516. The molecule has 1 saturated heterocycles. The fourth-order valence-electron chi connectivity index (χ4n) is 2.31. The second kappa shape index (κ2) is 6.26. The van der Waals surface area contributed by atoms with Crippen molar-refractivity contribution < 1.29 is 19.1 Å². The lowest BCUT2D eigenvalue weighted by Crippen LogP contribution is -2.18. The highest BCUT2D eigenvalue weighted by molar-refractivity contribution is 5.95. The molecule has 112 valence electrons. The molecule has 1 aliphatic heterocycles. The summed E-state index contributed by atoms with van der Waals surface area (Å²) in [6.07, 6.45) is 3.95. The van der Waals surface area contributed by atoms with E-state index in [1.807, 2.05) is 0 Å². The van der Waals surface area contributed by atoms with Crippen LogP contribution in [0, 0.1) is 5.92 Å². The van der Waals surface area contributed by atoms with Crippen molar-refractivity contribution in [3.8, 4) is 0 Å². The van der Waals surface area contributed by atoms with Crippen molar-refractivity contribution >= 4 is 17.6 Å². The molecule has 0 aromatic heterocycles. The summed E-state index contributed by atoms with van der Waals surface area (Å²) in [5.74, 6) is -0.129. The molecule has 1 N–H and O–H groups in total. The Hall–Kier alpha value is -1.88. The predicted octanol–water partition coefficient (Wildman–Crippen LogP) is 2.37. The first kappa shape index (κ1) is 14.1. The number of carbonyl (C=O) groups excluding carboxylic acids is 2. The van der Waals surface area contributed by atoms with Crippen LogP contribution in [-0.4, -0.2) is 31.2 Å². The topological polar surface area (TPSA) is 64.6 Å². The zero-order valence-corrected chi connectivity index (χ0v) is 11.8. The summed E-state index contributed by atoms with van der Waals surface area (Å²) >= 11 is 0. The lowest BCUT2D eigenvalue weighted by atomic mass is 10.2. The van der Waals surface area contributed by atoms with Gasteiger partial charge in [-0.25, -0.2) is 4.79 Å². The second-order valence-corrected chi connectivity index (χ2v) is 5.57. The number of hydrogen-bond acceptors (Lipinski definition) is 4. The molecule has 5 heteroatoms.